The molecule has 0 saturated carbocycles. The molecule has 1 atom stereocenters. The van der Waals surface area contributed by atoms with E-state index in [1.165, 1.54) is 38.4 Å². The first-order chi connectivity index (χ1) is 10.1. The summed E-state index contributed by atoms with van der Waals surface area (Å²) in [5, 5.41) is 11.0. The van der Waals surface area contributed by atoms with Crippen LogP contribution in [0, 0.1) is 10.1 Å². The lowest BCUT2D eigenvalue weighted by atomic mass is 10.1. The van der Waals surface area contributed by atoms with E-state index < -0.39 is 0 Å². The van der Waals surface area contributed by atoms with Crippen LogP contribution in [0.1, 0.15) is 25.7 Å². The van der Waals surface area contributed by atoms with E-state index in [0.29, 0.717) is 11.7 Å². The van der Waals surface area contributed by atoms with Crippen LogP contribution in [-0.4, -0.2) is 42.0 Å². The monoisotopic (exact) mass is 290 g/mol. The third kappa shape index (κ3) is 3.10. The van der Waals surface area contributed by atoms with Gasteiger partial charge in [0.2, 0.25) is 0 Å². The van der Waals surface area contributed by atoms with Crippen molar-refractivity contribution in [3.63, 3.8) is 0 Å². The van der Waals surface area contributed by atoms with E-state index in [2.05, 4.69) is 9.80 Å². The van der Waals surface area contributed by atoms with Crippen LogP contribution < -0.4 is 10.6 Å². The van der Waals surface area contributed by atoms with Gasteiger partial charge in [-0.25, -0.2) is 0 Å². The number of nitro benzene ring substituents is 1. The minimum absolute atomic E-state index is 0.0754. The van der Waals surface area contributed by atoms with Crippen LogP contribution in [0.2, 0.25) is 0 Å². The number of likely N-dealkylation sites (tertiary alicyclic amines) is 1. The maximum absolute atomic E-state index is 11.0. The SMILES string of the molecule is Nc1cc(N2CCC(N3CCCCC3)C2)cc([N+](=O)[O-])c1. The molecule has 1 aromatic carbocycles. The Labute approximate surface area is 124 Å². The molecule has 0 aromatic heterocycles. The van der Waals surface area contributed by atoms with Gasteiger partial charge in [-0.15, -0.1) is 0 Å². The Kier molecular flexibility index (Phi) is 3.96. The largest absolute Gasteiger partial charge is 0.398 e. The molecule has 2 N–H and O–H groups in total. The molecule has 2 fully saturated rings. The zero-order valence-electron chi connectivity index (χ0n) is 12.2. The van der Waals surface area contributed by atoms with Gasteiger partial charge in [0.1, 0.15) is 0 Å². The Morgan fingerprint density at radius 2 is 1.90 bits per heavy atom. The highest BCUT2D eigenvalue weighted by atomic mass is 16.6. The summed E-state index contributed by atoms with van der Waals surface area (Å²) in [6.07, 6.45) is 5.05. The number of nitrogen functional groups attached to an aromatic ring is 1. The van der Waals surface area contributed by atoms with E-state index in [1.54, 1.807) is 6.07 Å². The molecule has 114 valence electrons. The summed E-state index contributed by atoms with van der Waals surface area (Å²) in [4.78, 5) is 15.4. The second-order valence-corrected chi connectivity index (χ2v) is 6.02. The molecule has 0 bridgehead atoms. The number of nitrogens with two attached hydrogens (primary N) is 1. The second-order valence-electron chi connectivity index (χ2n) is 6.02. The number of hydrogen-bond acceptors (Lipinski definition) is 5. The van der Waals surface area contributed by atoms with Gasteiger partial charge in [0, 0.05) is 42.6 Å². The molecular weight excluding hydrogens is 268 g/mol. The summed E-state index contributed by atoms with van der Waals surface area (Å²) in [6.45, 7) is 4.27. The summed E-state index contributed by atoms with van der Waals surface area (Å²) in [7, 11) is 0. The molecule has 6 nitrogen and oxygen atoms in total. The molecule has 0 aliphatic carbocycles. The molecule has 0 amide bonds. The highest BCUT2D eigenvalue weighted by molar-refractivity contribution is 5.63. The average molecular weight is 290 g/mol. The van der Waals surface area contributed by atoms with E-state index in [9.17, 15) is 10.1 Å². The molecular formula is C15H22N4O2. The highest BCUT2D eigenvalue weighted by Gasteiger charge is 2.29. The van der Waals surface area contributed by atoms with Crippen molar-refractivity contribution in [2.45, 2.75) is 31.7 Å². The number of nitro groups is 1. The maximum atomic E-state index is 11.0. The zero-order valence-corrected chi connectivity index (χ0v) is 12.2. The first-order valence-electron chi connectivity index (χ1n) is 7.67. The van der Waals surface area contributed by atoms with E-state index >= 15 is 0 Å². The fraction of sp³-hybridized carbons (Fsp3) is 0.600. The van der Waals surface area contributed by atoms with Crippen LogP contribution in [0.4, 0.5) is 17.1 Å². The zero-order chi connectivity index (χ0) is 14.8. The number of hydrogen-bond donors (Lipinski definition) is 1. The molecule has 2 aliphatic rings. The minimum Gasteiger partial charge on any atom is -0.398 e. The molecule has 2 saturated heterocycles. The maximum Gasteiger partial charge on any atom is 0.273 e. The predicted octanol–water partition coefficient (Wildman–Crippen LogP) is 2.24. The lowest BCUT2D eigenvalue weighted by molar-refractivity contribution is -0.384. The summed E-state index contributed by atoms with van der Waals surface area (Å²) in [5.41, 5.74) is 7.21. The Morgan fingerprint density at radius 3 is 2.62 bits per heavy atom. The minimum atomic E-state index is -0.377. The van der Waals surface area contributed by atoms with Crippen LogP contribution in [0.15, 0.2) is 18.2 Å². The van der Waals surface area contributed by atoms with Crippen molar-refractivity contribution in [2.24, 2.45) is 0 Å². The number of nitrogens with zero attached hydrogens (tertiary/aromatic N) is 3. The third-order valence-corrected chi connectivity index (χ3v) is 4.57. The van der Waals surface area contributed by atoms with Crippen LogP contribution in [-0.2, 0) is 0 Å². The van der Waals surface area contributed by atoms with Crippen LogP contribution in [0.25, 0.3) is 0 Å². The second kappa shape index (κ2) is 5.89. The van der Waals surface area contributed by atoms with Gasteiger partial charge < -0.3 is 10.6 Å². The third-order valence-electron chi connectivity index (χ3n) is 4.57. The number of rotatable bonds is 3. The number of anilines is 2. The molecule has 1 aromatic rings. The smallest absolute Gasteiger partial charge is 0.273 e. The molecule has 2 aliphatic heterocycles. The highest BCUT2D eigenvalue weighted by Crippen LogP contribution is 2.29. The van der Waals surface area contributed by atoms with Gasteiger partial charge >= 0.3 is 0 Å². The molecule has 21 heavy (non-hydrogen) atoms. The normalized spacial score (nSPS) is 23.4. The first kappa shape index (κ1) is 14.1. The van der Waals surface area contributed by atoms with Gasteiger partial charge in [-0.2, -0.15) is 0 Å². The van der Waals surface area contributed by atoms with Crippen molar-refractivity contribution in [3.8, 4) is 0 Å². The quantitative estimate of drug-likeness (QED) is 0.525. The Balaban J connectivity index is 1.72. The molecule has 0 spiro atoms. The van der Waals surface area contributed by atoms with Crippen LogP contribution in [0.5, 0.6) is 0 Å². The van der Waals surface area contributed by atoms with Gasteiger partial charge in [0.25, 0.3) is 5.69 Å². The molecule has 3 rings (SSSR count). The Morgan fingerprint density at radius 1 is 1.14 bits per heavy atom. The Hall–Kier alpha value is -1.82. The van der Waals surface area contributed by atoms with Crippen molar-refractivity contribution in [3.05, 3.63) is 28.3 Å². The summed E-state index contributed by atoms with van der Waals surface area (Å²) in [6, 6.07) is 5.47. The van der Waals surface area contributed by atoms with Crippen molar-refractivity contribution in [1.29, 1.82) is 0 Å². The lowest BCUT2D eigenvalue weighted by Crippen LogP contribution is -2.40. The van der Waals surface area contributed by atoms with Gasteiger partial charge in [-0.3, -0.25) is 15.0 Å². The molecule has 0 radical (unpaired) electrons. The van der Waals surface area contributed by atoms with Crippen molar-refractivity contribution >= 4 is 17.1 Å². The van der Waals surface area contributed by atoms with Crippen LogP contribution >= 0.6 is 0 Å². The topological polar surface area (TPSA) is 75.6 Å². The van der Waals surface area contributed by atoms with E-state index in [0.717, 1.165) is 25.2 Å². The number of piperidine rings is 1. The van der Waals surface area contributed by atoms with Gasteiger partial charge in [-0.1, -0.05) is 6.42 Å². The van der Waals surface area contributed by atoms with Crippen molar-refractivity contribution < 1.29 is 4.92 Å². The average Bonchev–Trinajstić information content (AvgIpc) is 2.97. The molecule has 2 heterocycles. The summed E-state index contributed by atoms with van der Waals surface area (Å²) < 4.78 is 0. The van der Waals surface area contributed by atoms with Gasteiger partial charge in [0.15, 0.2) is 0 Å². The van der Waals surface area contributed by atoms with Crippen LogP contribution in [0.3, 0.4) is 0 Å². The van der Waals surface area contributed by atoms with Gasteiger partial charge in [-0.05, 0) is 38.4 Å². The molecule has 1 unspecified atom stereocenters. The van der Waals surface area contributed by atoms with E-state index in [-0.39, 0.29) is 10.6 Å². The number of benzene rings is 1. The molecule has 6 heteroatoms. The summed E-state index contributed by atoms with van der Waals surface area (Å²) in [5.74, 6) is 0. The first-order valence-corrected chi connectivity index (χ1v) is 7.67. The standard InChI is InChI=1S/C15H22N4O2/c16-12-8-14(10-15(9-12)19(20)21)18-7-4-13(11-18)17-5-2-1-3-6-17/h8-10,13H,1-7,11,16H2. The van der Waals surface area contributed by atoms with Gasteiger partial charge in [0.05, 0.1) is 4.92 Å². The predicted molar refractivity (Wildman–Crippen MR) is 83.6 cm³/mol. The number of non-ortho nitro benzene ring substituents is 1. The lowest BCUT2D eigenvalue weighted by Gasteiger charge is -2.32. The van der Waals surface area contributed by atoms with E-state index in [4.69, 9.17) is 5.73 Å². The Bertz CT molecular complexity index is 528. The summed E-state index contributed by atoms with van der Waals surface area (Å²) >= 11 is 0. The van der Waals surface area contributed by atoms with E-state index in [1.807, 2.05) is 6.07 Å². The fourth-order valence-corrected chi connectivity index (χ4v) is 3.46. The van der Waals surface area contributed by atoms with Crippen molar-refractivity contribution in [1.82, 2.24) is 4.90 Å². The fourth-order valence-electron chi connectivity index (χ4n) is 3.46. The van der Waals surface area contributed by atoms with Crippen molar-refractivity contribution in [2.75, 3.05) is 36.8 Å².